The van der Waals surface area contributed by atoms with Crippen LogP contribution in [0.3, 0.4) is 0 Å². The number of hydrogen-bond donors (Lipinski definition) is 0. The number of pyridine rings is 1. The van der Waals surface area contributed by atoms with E-state index in [0.29, 0.717) is 5.25 Å². The summed E-state index contributed by atoms with van der Waals surface area (Å²) in [5.41, 5.74) is 0.962. The Morgan fingerprint density at radius 2 is 2.23 bits per heavy atom. The number of nitrogens with zero attached hydrogens (tertiary/aromatic N) is 2. The summed E-state index contributed by atoms with van der Waals surface area (Å²) in [5.74, 6) is 0. The minimum Gasteiger partial charge on any atom is -0.280 e. The van der Waals surface area contributed by atoms with E-state index in [0.717, 1.165) is 10.7 Å². The van der Waals surface area contributed by atoms with E-state index in [1.54, 1.807) is 25.0 Å². The first kappa shape index (κ1) is 10.3. The second kappa shape index (κ2) is 5.02. The molecule has 0 spiro atoms. The zero-order valence-corrected chi connectivity index (χ0v) is 9.01. The molecule has 1 aromatic rings. The first-order chi connectivity index (χ1) is 6.24. The molecule has 70 valence electrons. The number of aromatic nitrogens is 1. The zero-order valence-electron chi connectivity index (χ0n) is 8.19. The fourth-order valence-electron chi connectivity index (χ4n) is 0.940. The minimum absolute atomic E-state index is 0.542. The van der Waals surface area contributed by atoms with Gasteiger partial charge in [0.1, 0.15) is 5.04 Å². The molecule has 0 fully saturated rings. The van der Waals surface area contributed by atoms with Crippen molar-refractivity contribution in [2.75, 3.05) is 7.05 Å². The molecule has 0 aliphatic carbocycles. The van der Waals surface area contributed by atoms with Gasteiger partial charge in [0.2, 0.25) is 0 Å². The molecule has 3 heteroatoms. The third-order valence-corrected chi connectivity index (χ3v) is 2.52. The lowest BCUT2D eigenvalue weighted by Crippen LogP contribution is -2.02. The molecular formula is C10H14N2S. The van der Waals surface area contributed by atoms with Gasteiger partial charge in [-0.3, -0.25) is 9.98 Å². The molecule has 0 unspecified atom stereocenters. The topological polar surface area (TPSA) is 25.2 Å². The first-order valence-electron chi connectivity index (χ1n) is 4.29. The van der Waals surface area contributed by atoms with E-state index in [2.05, 4.69) is 23.8 Å². The molecule has 0 atom stereocenters. The summed E-state index contributed by atoms with van der Waals surface area (Å²) in [6.45, 7) is 4.30. The summed E-state index contributed by atoms with van der Waals surface area (Å²) in [5, 5.41) is 1.55. The molecule has 0 saturated carbocycles. The Labute approximate surface area is 83.5 Å². The number of aliphatic imine (C=N–C) groups is 1. The van der Waals surface area contributed by atoms with Crippen LogP contribution >= 0.6 is 11.8 Å². The van der Waals surface area contributed by atoms with E-state index >= 15 is 0 Å². The van der Waals surface area contributed by atoms with E-state index in [-0.39, 0.29) is 0 Å². The van der Waals surface area contributed by atoms with E-state index in [1.165, 1.54) is 0 Å². The summed E-state index contributed by atoms with van der Waals surface area (Å²) < 4.78 is 0. The van der Waals surface area contributed by atoms with Crippen molar-refractivity contribution < 1.29 is 0 Å². The fraction of sp³-hybridized carbons (Fsp3) is 0.400. The standard InChI is InChI=1S/C10H14N2S/c1-8(2)13-10(11-3)9-6-4-5-7-12-9/h4-8H,1-3H3. The van der Waals surface area contributed by atoms with Crippen molar-refractivity contribution in [2.45, 2.75) is 19.1 Å². The van der Waals surface area contributed by atoms with Gasteiger partial charge in [0, 0.05) is 18.5 Å². The molecule has 1 heterocycles. The number of thioether (sulfide) groups is 1. The highest BCUT2D eigenvalue weighted by Gasteiger charge is 2.05. The largest absolute Gasteiger partial charge is 0.280 e. The van der Waals surface area contributed by atoms with Gasteiger partial charge in [-0.25, -0.2) is 0 Å². The van der Waals surface area contributed by atoms with Gasteiger partial charge in [-0.15, -0.1) is 11.8 Å². The predicted octanol–water partition coefficient (Wildman–Crippen LogP) is 2.60. The van der Waals surface area contributed by atoms with E-state index in [1.807, 2.05) is 18.2 Å². The Morgan fingerprint density at radius 3 is 2.69 bits per heavy atom. The lowest BCUT2D eigenvalue weighted by molar-refractivity contribution is 1.12. The minimum atomic E-state index is 0.542. The van der Waals surface area contributed by atoms with Crippen molar-refractivity contribution in [2.24, 2.45) is 4.99 Å². The molecule has 13 heavy (non-hydrogen) atoms. The lowest BCUT2D eigenvalue weighted by Gasteiger charge is -2.06. The van der Waals surface area contributed by atoms with E-state index in [4.69, 9.17) is 0 Å². The monoisotopic (exact) mass is 194 g/mol. The van der Waals surface area contributed by atoms with Crippen LogP contribution in [-0.4, -0.2) is 22.3 Å². The Morgan fingerprint density at radius 1 is 1.46 bits per heavy atom. The summed E-state index contributed by atoms with van der Waals surface area (Å²) in [7, 11) is 1.80. The third kappa shape index (κ3) is 3.19. The number of rotatable bonds is 2. The Balaban J connectivity index is 2.80. The van der Waals surface area contributed by atoms with Crippen molar-refractivity contribution in [3.63, 3.8) is 0 Å². The number of hydrogen-bond acceptors (Lipinski definition) is 3. The van der Waals surface area contributed by atoms with Crippen LogP contribution in [0.25, 0.3) is 0 Å². The maximum Gasteiger partial charge on any atom is 0.116 e. The van der Waals surface area contributed by atoms with Crippen LogP contribution in [0.15, 0.2) is 29.4 Å². The van der Waals surface area contributed by atoms with Crippen LogP contribution < -0.4 is 0 Å². The van der Waals surface area contributed by atoms with Gasteiger partial charge in [-0.2, -0.15) is 0 Å². The summed E-state index contributed by atoms with van der Waals surface area (Å²) in [6, 6.07) is 5.88. The van der Waals surface area contributed by atoms with Crippen molar-refractivity contribution in [3.05, 3.63) is 30.1 Å². The smallest absolute Gasteiger partial charge is 0.116 e. The van der Waals surface area contributed by atoms with Gasteiger partial charge in [0.25, 0.3) is 0 Å². The van der Waals surface area contributed by atoms with Crippen molar-refractivity contribution >= 4 is 16.8 Å². The van der Waals surface area contributed by atoms with Crippen LogP contribution in [0.5, 0.6) is 0 Å². The van der Waals surface area contributed by atoms with Gasteiger partial charge < -0.3 is 0 Å². The highest BCUT2D eigenvalue weighted by atomic mass is 32.2. The third-order valence-electron chi connectivity index (χ3n) is 1.43. The summed E-state index contributed by atoms with van der Waals surface area (Å²) >= 11 is 1.74. The maximum atomic E-state index is 4.25. The molecule has 0 aliphatic rings. The van der Waals surface area contributed by atoms with Gasteiger partial charge in [-0.05, 0) is 12.1 Å². The normalized spacial score (nSPS) is 12.2. The highest BCUT2D eigenvalue weighted by Crippen LogP contribution is 2.16. The van der Waals surface area contributed by atoms with Crippen LogP contribution in [0, 0.1) is 0 Å². The van der Waals surface area contributed by atoms with Crippen molar-refractivity contribution in [1.82, 2.24) is 4.98 Å². The molecule has 2 nitrogen and oxygen atoms in total. The quantitative estimate of drug-likeness (QED) is 0.534. The predicted molar refractivity (Wildman–Crippen MR) is 59.4 cm³/mol. The van der Waals surface area contributed by atoms with E-state index in [9.17, 15) is 0 Å². The van der Waals surface area contributed by atoms with Crippen molar-refractivity contribution in [1.29, 1.82) is 0 Å². The maximum absolute atomic E-state index is 4.25. The second-order valence-corrected chi connectivity index (χ2v) is 4.48. The SMILES string of the molecule is CN=C(SC(C)C)c1ccccn1. The van der Waals surface area contributed by atoms with Gasteiger partial charge in [0.05, 0.1) is 5.69 Å². The van der Waals surface area contributed by atoms with Gasteiger partial charge in [0.15, 0.2) is 0 Å². The van der Waals surface area contributed by atoms with Crippen LogP contribution in [0.1, 0.15) is 19.5 Å². The van der Waals surface area contributed by atoms with Gasteiger partial charge >= 0.3 is 0 Å². The zero-order chi connectivity index (χ0) is 9.68. The van der Waals surface area contributed by atoms with Crippen LogP contribution in [0.2, 0.25) is 0 Å². The Bertz CT molecular complexity index is 280. The fourth-order valence-corrected chi connectivity index (χ4v) is 1.73. The second-order valence-electron chi connectivity index (χ2n) is 2.91. The molecule has 0 amide bonds. The summed E-state index contributed by atoms with van der Waals surface area (Å²) in [6.07, 6.45) is 1.79. The highest BCUT2D eigenvalue weighted by molar-refractivity contribution is 8.14. The van der Waals surface area contributed by atoms with Crippen LogP contribution in [0.4, 0.5) is 0 Å². The van der Waals surface area contributed by atoms with Gasteiger partial charge in [-0.1, -0.05) is 19.9 Å². The molecule has 1 rings (SSSR count). The average Bonchev–Trinajstić information content (AvgIpc) is 2.15. The molecule has 1 aromatic heterocycles. The molecule has 0 aliphatic heterocycles. The van der Waals surface area contributed by atoms with Crippen LogP contribution in [-0.2, 0) is 0 Å². The molecule has 0 radical (unpaired) electrons. The molecule has 0 saturated heterocycles. The first-order valence-corrected chi connectivity index (χ1v) is 5.17. The Hall–Kier alpha value is -0.830. The molecule has 0 aromatic carbocycles. The lowest BCUT2D eigenvalue weighted by atomic mass is 10.4. The Kier molecular flexibility index (Phi) is 3.96. The average molecular weight is 194 g/mol. The van der Waals surface area contributed by atoms with E-state index < -0.39 is 0 Å². The summed E-state index contributed by atoms with van der Waals surface area (Å²) in [4.78, 5) is 8.47. The molecule has 0 bridgehead atoms. The van der Waals surface area contributed by atoms with Crippen molar-refractivity contribution in [3.8, 4) is 0 Å². The molecule has 0 N–H and O–H groups in total. The molecular weight excluding hydrogens is 180 g/mol.